The number of aliphatic imine (C=N–C) groups is 1. The van der Waals surface area contributed by atoms with E-state index in [-0.39, 0.29) is 30.1 Å². The van der Waals surface area contributed by atoms with Crippen LogP contribution in [0.25, 0.3) is 0 Å². The maximum Gasteiger partial charge on any atom is 0.191 e. The first-order chi connectivity index (χ1) is 12.5. The van der Waals surface area contributed by atoms with Crippen LogP contribution in [-0.2, 0) is 6.54 Å². The SMILES string of the molecule is CCC(C)Oc1cc(C)ccc1CNC(=NC)NCC1CCCN(C)C1.I. The molecule has 2 unspecified atom stereocenters. The molecule has 0 aliphatic carbocycles. The lowest BCUT2D eigenvalue weighted by molar-refractivity contribution is 0.210. The van der Waals surface area contributed by atoms with Crippen molar-refractivity contribution in [2.45, 2.75) is 52.7 Å². The summed E-state index contributed by atoms with van der Waals surface area (Å²) < 4.78 is 6.10. The number of piperidine rings is 1. The first kappa shape index (κ1) is 24.0. The molecule has 154 valence electrons. The van der Waals surface area contributed by atoms with Gasteiger partial charge in [0.1, 0.15) is 5.75 Å². The fraction of sp³-hybridized carbons (Fsp3) is 0.667. The summed E-state index contributed by atoms with van der Waals surface area (Å²) in [5, 5.41) is 6.92. The summed E-state index contributed by atoms with van der Waals surface area (Å²) in [5.74, 6) is 2.51. The molecule has 1 aromatic rings. The summed E-state index contributed by atoms with van der Waals surface area (Å²) in [6.07, 6.45) is 3.80. The smallest absolute Gasteiger partial charge is 0.191 e. The van der Waals surface area contributed by atoms with Crippen LogP contribution in [0.2, 0.25) is 0 Å². The highest BCUT2D eigenvalue weighted by atomic mass is 127. The summed E-state index contributed by atoms with van der Waals surface area (Å²) in [5.41, 5.74) is 2.38. The molecular formula is C21H37IN4O. The van der Waals surface area contributed by atoms with Crippen LogP contribution in [0.3, 0.4) is 0 Å². The van der Waals surface area contributed by atoms with Crippen molar-refractivity contribution in [3.8, 4) is 5.75 Å². The highest BCUT2D eigenvalue weighted by molar-refractivity contribution is 14.0. The van der Waals surface area contributed by atoms with Crippen molar-refractivity contribution in [3.05, 3.63) is 29.3 Å². The van der Waals surface area contributed by atoms with Gasteiger partial charge in [-0.3, -0.25) is 4.99 Å². The number of halogens is 1. The predicted octanol–water partition coefficient (Wildman–Crippen LogP) is 3.80. The third kappa shape index (κ3) is 8.25. The zero-order chi connectivity index (χ0) is 18.9. The summed E-state index contributed by atoms with van der Waals surface area (Å²) >= 11 is 0. The van der Waals surface area contributed by atoms with E-state index in [1.165, 1.54) is 24.9 Å². The second-order valence-corrected chi connectivity index (χ2v) is 7.53. The van der Waals surface area contributed by atoms with Gasteiger partial charge in [0.2, 0.25) is 0 Å². The molecule has 2 atom stereocenters. The average molecular weight is 488 g/mol. The van der Waals surface area contributed by atoms with E-state index < -0.39 is 0 Å². The molecule has 0 spiro atoms. The lowest BCUT2D eigenvalue weighted by Crippen LogP contribution is -2.43. The van der Waals surface area contributed by atoms with Crippen molar-refractivity contribution in [3.63, 3.8) is 0 Å². The standard InChI is InChI=1S/C21H36N4O.HI/c1-6-17(3)26-20-12-16(2)9-10-19(20)14-24-21(22-4)23-13-18-8-7-11-25(5)15-18;/h9-10,12,17-18H,6-8,11,13-15H2,1-5H3,(H2,22,23,24);1H. The Morgan fingerprint density at radius 1 is 1.37 bits per heavy atom. The van der Waals surface area contributed by atoms with Gasteiger partial charge in [0.25, 0.3) is 0 Å². The fourth-order valence-electron chi connectivity index (χ4n) is 3.30. The zero-order valence-corrected chi connectivity index (χ0v) is 19.9. The number of guanidine groups is 1. The van der Waals surface area contributed by atoms with E-state index in [9.17, 15) is 0 Å². The summed E-state index contributed by atoms with van der Waals surface area (Å²) in [6, 6.07) is 6.40. The number of hydrogen-bond donors (Lipinski definition) is 2. The second-order valence-electron chi connectivity index (χ2n) is 7.53. The van der Waals surface area contributed by atoms with E-state index in [1.807, 2.05) is 7.05 Å². The summed E-state index contributed by atoms with van der Waals surface area (Å²) in [6.45, 7) is 10.4. The topological polar surface area (TPSA) is 48.9 Å². The number of rotatable bonds is 7. The van der Waals surface area contributed by atoms with Gasteiger partial charge in [0, 0.05) is 32.2 Å². The Morgan fingerprint density at radius 2 is 2.15 bits per heavy atom. The van der Waals surface area contributed by atoms with Crippen molar-refractivity contribution in [1.29, 1.82) is 0 Å². The molecule has 1 heterocycles. The van der Waals surface area contributed by atoms with Crippen LogP contribution in [0.4, 0.5) is 0 Å². The molecule has 5 nitrogen and oxygen atoms in total. The molecule has 1 aliphatic rings. The Bertz CT molecular complexity index is 594. The number of benzene rings is 1. The number of ether oxygens (including phenoxy) is 1. The Morgan fingerprint density at radius 3 is 2.81 bits per heavy atom. The van der Waals surface area contributed by atoms with E-state index in [0.29, 0.717) is 12.5 Å². The van der Waals surface area contributed by atoms with Crippen molar-refractivity contribution in [1.82, 2.24) is 15.5 Å². The van der Waals surface area contributed by atoms with E-state index in [0.717, 1.165) is 36.8 Å². The molecule has 6 heteroatoms. The minimum absolute atomic E-state index is 0. The van der Waals surface area contributed by atoms with Gasteiger partial charge >= 0.3 is 0 Å². The number of likely N-dealkylation sites (tertiary alicyclic amines) is 1. The second kappa shape index (κ2) is 12.4. The Balaban J connectivity index is 0.00000364. The molecule has 2 N–H and O–H groups in total. The van der Waals surface area contributed by atoms with E-state index in [1.54, 1.807) is 0 Å². The molecule has 1 aliphatic heterocycles. The van der Waals surface area contributed by atoms with Gasteiger partial charge in [-0.2, -0.15) is 0 Å². The quantitative estimate of drug-likeness (QED) is 0.348. The van der Waals surface area contributed by atoms with Gasteiger partial charge in [0.05, 0.1) is 6.10 Å². The maximum atomic E-state index is 6.10. The Labute approximate surface area is 182 Å². The highest BCUT2D eigenvalue weighted by Gasteiger charge is 2.17. The molecule has 0 bridgehead atoms. The van der Waals surface area contributed by atoms with Crippen molar-refractivity contribution in [2.24, 2.45) is 10.9 Å². The Kier molecular flexibility index (Phi) is 11.1. The van der Waals surface area contributed by atoms with Gasteiger partial charge in [-0.25, -0.2) is 0 Å². The number of nitrogens with zero attached hydrogens (tertiary/aromatic N) is 2. The molecule has 1 saturated heterocycles. The molecule has 1 fully saturated rings. The summed E-state index contributed by atoms with van der Waals surface area (Å²) in [4.78, 5) is 6.78. The lowest BCUT2D eigenvalue weighted by atomic mass is 9.99. The van der Waals surface area contributed by atoms with Gasteiger partial charge in [-0.05, 0) is 64.3 Å². The maximum absolute atomic E-state index is 6.10. The fourth-order valence-corrected chi connectivity index (χ4v) is 3.30. The van der Waals surface area contributed by atoms with Crippen LogP contribution in [0, 0.1) is 12.8 Å². The number of nitrogens with one attached hydrogen (secondary N) is 2. The molecule has 27 heavy (non-hydrogen) atoms. The summed E-state index contributed by atoms with van der Waals surface area (Å²) in [7, 11) is 4.03. The van der Waals surface area contributed by atoms with Crippen LogP contribution in [0.1, 0.15) is 44.2 Å². The molecule has 0 aromatic heterocycles. The van der Waals surface area contributed by atoms with Gasteiger partial charge in [0.15, 0.2) is 5.96 Å². The largest absolute Gasteiger partial charge is 0.490 e. The number of aryl methyl sites for hydroxylation is 1. The molecule has 1 aromatic carbocycles. The van der Waals surface area contributed by atoms with Crippen LogP contribution >= 0.6 is 24.0 Å². The normalized spacial score (nSPS) is 19.1. The van der Waals surface area contributed by atoms with E-state index >= 15 is 0 Å². The molecule has 2 rings (SSSR count). The van der Waals surface area contributed by atoms with E-state index in [2.05, 4.69) is 66.5 Å². The van der Waals surface area contributed by atoms with Crippen LogP contribution in [0.5, 0.6) is 5.75 Å². The minimum Gasteiger partial charge on any atom is -0.490 e. The highest BCUT2D eigenvalue weighted by Crippen LogP contribution is 2.22. The third-order valence-electron chi connectivity index (χ3n) is 5.08. The van der Waals surface area contributed by atoms with Gasteiger partial charge in [-0.1, -0.05) is 19.1 Å². The van der Waals surface area contributed by atoms with Crippen LogP contribution < -0.4 is 15.4 Å². The molecule has 0 amide bonds. The van der Waals surface area contributed by atoms with E-state index in [4.69, 9.17) is 4.74 Å². The van der Waals surface area contributed by atoms with Crippen LogP contribution in [-0.4, -0.2) is 50.7 Å². The van der Waals surface area contributed by atoms with Crippen molar-refractivity contribution in [2.75, 3.05) is 33.7 Å². The molecule has 0 saturated carbocycles. The first-order valence-corrected chi connectivity index (χ1v) is 9.91. The van der Waals surface area contributed by atoms with Gasteiger partial charge < -0.3 is 20.3 Å². The average Bonchev–Trinajstić information content (AvgIpc) is 2.63. The van der Waals surface area contributed by atoms with Crippen molar-refractivity contribution < 1.29 is 4.74 Å². The lowest BCUT2D eigenvalue weighted by Gasteiger charge is -2.30. The first-order valence-electron chi connectivity index (χ1n) is 9.91. The molecule has 0 radical (unpaired) electrons. The third-order valence-corrected chi connectivity index (χ3v) is 5.08. The van der Waals surface area contributed by atoms with Crippen LogP contribution in [0.15, 0.2) is 23.2 Å². The zero-order valence-electron chi connectivity index (χ0n) is 17.5. The molecular weight excluding hydrogens is 451 g/mol. The van der Waals surface area contributed by atoms with Crippen molar-refractivity contribution >= 4 is 29.9 Å². The number of hydrogen-bond acceptors (Lipinski definition) is 3. The predicted molar refractivity (Wildman–Crippen MR) is 125 cm³/mol. The minimum atomic E-state index is 0. The monoisotopic (exact) mass is 488 g/mol. The Hall–Kier alpha value is -1.02. The van der Waals surface area contributed by atoms with Gasteiger partial charge in [-0.15, -0.1) is 24.0 Å².